The van der Waals surface area contributed by atoms with Gasteiger partial charge in [-0.1, -0.05) is 0 Å². The molecule has 0 bridgehead atoms. The molecule has 26 heavy (non-hydrogen) atoms. The first-order valence-corrected chi connectivity index (χ1v) is 8.91. The number of aryl methyl sites for hydroxylation is 2. The number of aromatic nitrogens is 4. The normalized spacial score (nSPS) is 11.5. The van der Waals surface area contributed by atoms with Crippen molar-refractivity contribution in [3.8, 4) is 5.75 Å². The van der Waals surface area contributed by atoms with Gasteiger partial charge in [-0.3, -0.25) is 10.00 Å². The van der Waals surface area contributed by atoms with Crippen molar-refractivity contribution in [3.63, 3.8) is 0 Å². The molecule has 3 aromatic rings. The van der Waals surface area contributed by atoms with Gasteiger partial charge in [0.05, 0.1) is 29.5 Å². The average molecular weight is 379 g/mol. The van der Waals surface area contributed by atoms with Crippen molar-refractivity contribution in [2.24, 2.45) is 7.05 Å². The lowest BCUT2D eigenvalue weighted by Crippen LogP contribution is -2.12. The van der Waals surface area contributed by atoms with Gasteiger partial charge in [-0.15, -0.1) is 0 Å². The lowest BCUT2D eigenvalue weighted by atomic mass is 10.3. The summed E-state index contributed by atoms with van der Waals surface area (Å²) in [6.07, 6.45) is -0.675. The smallest absolute Gasteiger partial charge is 0.413 e. The first-order chi connectivity index (χ1) is 12.2. The van der Waals surface area contributed by atoms with Crippen LogP contribution in [0.1, 0.15) is 11.4 Å². The predicted octanol–water partition coefficient (Wildman–Crippen LogP) is 1.86. The molecule has 0 radical (unpaired) electrons. The van der Waals surface area contributed by atoms with E-state index in [1.54, 1.807) is 27.0 Å². The fourth-order valence-electron chi connectivity index (χ4n) is 2.53. The van der Waals surface area contributed by atoms with Crippen LogP contribution in [0.4, 0.5) is 10.7 Å². The maximum atomic E-state index is 12.6. The third-order valence-corrected chi connectivity index (χ3v) is 5.26. The predicted molar refractivity (Wildman–Crippen MR) is 92.6 cm³/mol. The van der Waals surface area contributed by atoms with E-state index in [1.165, 1.54) is 23.9 Å². The Kier molecular flexibility index (Phi) is 4.32. The van der Waals surface area contributed by atoms with E-state index < -0.39 is 16.2 Å². The molecule has 0 saturated carbocycles. The molecule has 0 saturated heterocycles. The number of hydrogen-bond donors (Lipinski definition) is 2. The number of carbonyl (C=O) groups excluding carboxylic acids is 1. The van der Waals surface area contributed by atoms with E-state index in [2.05, 4.69) is 25.1 Å². The number of fused-ring (bicyclic) bond motifs is 1. The Balaban J connectivity index is 1.92. The third-order valence-electron chi connectivity index (χ3n) is 3.76. The van der Waals surface area contributed by atoms with Gasteiger partial charge in [-0.05, 0) is 26.0 Å². The number of benzene rings is 1. The summed E-state index contributed by atoms with van der Waals surface area (Å²) in [5.41, 5.74) is 1.85. The van der Waals surface area contributed by atoms with Crippen LogP contribution in [0, 0.1) is 13.8 Å². The highest BCUT2D eigenvalue weighted by Crippen LogP contribution is 2.26. The summed E-state index contributed by atoms with van der Waals surface area (Å²) >= 11 is 0. The molecule has 2 N–H and O–H groups in total. The van der Waals surface area contributed by atoms with Crippen LogP contribution in [0.25, 0.3) is 11.0 Å². The maximum absolute atomic E-state index is 12.6. The molecule has 10 nitrogen and oxygen atoms in total. The number of nitrogens with zero attached hydrogens (tertiary/aromatic N) is 3. The topological polar surface area (TPSA) is 128 Å². The second-order valence-corrected chi connectivity index (χ2v) is 7.03. The van der Waals surface area contributed by atoms with E-state index in [0.717, 1.165) is 0 Å². The van der Waals surface area contributed by atoms with Gasteiger partial charge in [0.15, 0.2) is 0 Å². The van der Waals surface area contributed by atoms with E-state index in [-0.39, 0.29) is 16.6 Å². The van der Waals surface area contributed by atoms with Crippen LogP contribution in [0.2, 0.25) is 0 Å². The van der Waals surface area contributed by atoms with Gasteiger partial charge in [-0.25, -0.2) is 9.78 Å². The number of aromatic amines is 1. The van der Waals surface area contributed by atoms with Gasteiger partial charge in [0.25, 0.3) is 0 Å². The zero-order chi connectivity index (χ0) is 19.1. The quantitative estimate of drug-likeness (QED) is 0.662. The van der Waals surface area contributed by atoms with Crippen molar-refractivity contribution in [2.75, 3.05) is 12.4 Å². The van der Waals surface area contributed by atoms with E-state index in [1.807, 2.05) is 0 Å². The molecular formula is C15H17N5O5S. The Morgan fingerprint density at radius 2 is 2.04 bits per heavy atom. The Morgan fingerprint density at radius 3 is 2.65 bits per heavy atom. The van der Waals surface area contributed by atoms with E-state index in [4.69, 9.17) is 4.18 Å². The molecule has 3 rings (SSSR count). The fraction of sp³-hybridized carbons (Fsp3) is 0.267. The average Bonchev–Trinajstić information content (AvgIpc) is 3.06. The first kappa shape index (κ1) is 17.7. The second-order valence-electron chi connectivity index (χ2n) is 5.54. The van der Waals surface area contributed by atoms with Crippen LogP contribution in [-0.2, 0) is 21.9 Å². The van der Waals surface area contributed by atoms with Gasteiger partial charge < -0.3 is 13.9 Å². The van der Waals surface area contributed by atoms with Gasteiger partial charge in [0, 0.05) is 13.1 Å². The minimum absolute atomic E-state index is 0.0396. The highest BCUT2D eigenvalue weighted by atomic mass is 32.2. The molecule has 2 heterocycles. The summed E-state index contributed by atoms with van der Waals surface area (Å²) in [6, 6.07) is 4.52. The van der Waals surface area contributed by atoms with Crippen LogP contribution in [-0.4, -0.2) is 41.4 Å². The van der Waals surface area contributed by atoms with Crippen molar-refractivity contribution in [2.45, 2.75) is 18.7 Å². The third kappa shape index (κ3) is 3.20. The summed E-state index contributed by atoms with van der Waals surface area (Å²) in [4.78, 5) is 18.3. The van der Waals surface area contributed by atoms with Crippen LogP contribution in [0.3, 0.4) is 0 Å². The zero-order valence-electron chi connectivity index (χ0n) is 14.5. The van der Waals surface area contributed by atoms with Gasteiger partial charge in [0.1, 0.15) is 10.6 Å². The second kappa shape index (κ2) is 6.33. The molecule has 1 aromatic carbocycles. The lowest BCUT2D eigenvalue weighted by molar-refractivity contribution is 0.186. The van der Waals surface area contributed by atoms with Crippen LogP contribution in [0.15, 0.2) is 23.1 Å². The van der Waals surface area contributed by atoms with Gasteiger partial charge in [-0.2, -0.15) is 13.5 Å². The number of ether oxygens (including phenoxy) is 1. The Hall–Kier alpha value is -3.08. The molecule has 0 fully saturated rings. The van der Waals surface area contributed by atoms with Crippen molar-refractivity contribution < 1.29 is 22.1 Å². The summed E-state index contributed by atoms with van der Waals surface area (Å²) in [6.45, 7) is 3.26. The number of nitrogens with one attached hydrogen (secondary N) is 2. The molecule has 2 aromatic heterocycles. The molecule has 138 valence electrons. The van der Waals surface area contributed by atoms with Gasteiger partial charge >= 0.3 is 16.2 Å². The number of imidazole rings is 1. The maximum Gasteiger partial charge on any atom is 0.413 e. The Labute approximate surface area is 149 Å². The lowest BCUT2D eigenvalue weighted by Gasteiger charge is -2.07. The molecule has 0 atom stereocenters. The summed E-state index contributed by atoms with van der Waals surface area (Å²) in [5.74, 6) is 0.277. The standard InChI is InChI=1S/C15H17N5O5S/c1-8-13(9(2)20(3)19-8)26(22,23)25-10-5-6-11-12(7-10)17-14(16-11)18-15(21)24-4/h5-7H,1-4H3,(H2,16,17,18,21). The minimum Gasteiger partial charge on any atom is -0.453 e. The number of rotatable bonds is 4. The number of methoxy groups -OCH3 is 1. The SMILES string of the molecule is COC(=O)Nc1nc2ccc(OS(=O)(=O)c3c(C)nn(C)c3C)cc2[nH]1. The molecule has 1 amide bonds. The highest BCUT2D eigenvalue weighted by Gasteiger charge is 2.26. The molecule has 0 spiro atoms. The summed E-state index contributed by atoms with van der Waals surface area (Å²) < 4.78 is 36.4. The molecule has 0 unspecified atom stereocenters. The molecule has 11 heteroatoms. The van der Waals surface area contributed by atoms with Crippen molar-refractivity contribution in [3.05, 3.63) is 29.6 Å². The van der Waals surface area contributed by atoms with Crippen molar-refractivity contribution in [1.82, 2.24) is 19.7 Å². The number of hydrogen-bond acceptors (Lipinski definition) is 7. The van der Waals surface area contributed by atoms with Crippen LogP contribution in [0.5, 0.6) is 5.75 Å². The van der Waals surface area contributed by atoms with Crippen LogP contribution < -0.4 is 9.50 Å². The Bertz CT molecular complexity index is 1100. The van der Waals surface area contributed by atoms with Crippen molar-refractivity contribution >= 4 is 33.2 Å². The first-order valence-electron chi connectivity index (χ1n) is 7.50. The molecular weight excluding hydrogens is 362 g/mol. The zero-order valence-corrected chi connectivity index (χ0v) is 15.3. The van der Waals surface area contributed by atoms with Crippen LogP contribution >= 0.6 is 0 Å². The van der Waals surface area contributed by atoms with E-state index in [0.29, 0.717) is 22.4 Å². The monoisotopic (exact) mass is 379 g/mol. The number of carbonyl (C=O) groups is 1. The molecule has 0 aliphatic heterocycles. The number of anilines is 1. The summed E-state index contributed by atoms with van der Waals surface area (Å²) in [7, 11) is -1.15. The summed E-state index contributed by atoms with van der Waals surface area (Å²) in [5, 5.41) is 6.49. The van der Waals surface area contributed by atoms with Gasteiger partial charge in [0.2, 0.25) is 5.95 Å². The van der Waals surface area contributed by atoms with Crippen molar-refractivity contribution in [1.29, 1.82) is 0 Å². The van der Waals surface area contributed by atoms with E-state index >= 15 is 0 Å². The number of H-pyrrole nitrogens is 1. The van der Waals surface area contributed by atoms with E-state index in [9.17, 15) is 13.2 Å². The molecule has 0 aliphatic carbocycles. The molecule has 0 aliphatic rings. The number of amides is 1. The largest absolute Gasteiger partial charge is 0.453 e. The Morgan fingerprint density at radius 1 is 1.31 bits per heavy atom. The minimum atomic E-state index is -4.05. The fourth-order valence-corrected chi connectivity index (χ4v) is 3.87. The highest BCUT2D eigenvalue weighted by molar-refractivity contribution is 7.87.